The molecule has 0 radical (unpaired) electrons. The van der Waals surface area contributed by atoms with Crippen LogP contribution in [0.2, 0.25) is 5.02 Å². The number of rotatable bonds is 9. The smallest absolute Gasteiger partial charge is 0.286 e. The maximum atomic E-state index is 6.62. The summed E-state index contributed by atoms with van der Waals surface area (Å²) in [6.45, 7) is 7.42. The quantitative estimate of drug-likeness (QED) is 0.268. The number of hydrogen-bond donors (Lipinski definition) is 2. The van der Waals surface area contributed by atoms with Gasteiger partial charge in [-0.1, -0.05) is 18.5 Å². The average Bonchev–Trinajstić information content (AvgIpc) is 3.00. The molecule has 0 aliphatic carbocycles. The lowest BCUT2D eigenvalue weighted by Gasteiger charge is -2.35. The van der Waals surface area contributed by atoms with Crippen molar-refractivity contribution in [3.63, 3.8) is 0 Å². The van der Waals surface area contributed by atoms with Gasteiger partial charge < -0.3 is 29.9 Å². The third-order valence-corrected chi connectivity index (χ3v) is 7.86. The van der Waals surface area contributed by atoms with Crippen LogP contribution in [0.3, 0.4) is 0 Å². The average molecular weight is 628 g/mol. The number of ether oxygens (including phenoxy) is 2. The zero-order valence-corrected chi connectivity index (χ0v) is 24.8. The topological polar surface area (TPSA) is 115 Å². The van der Waals surface area contributed by atoms with Crippen molar-refractivity contribution in [2.45, 2.75) is 6.92 Å². The lowest BCUT2D eigenvalue weighted by molar-refractivity contribution is -0.381. The Bertz CT molecular complexity index is 1440. The number of hydrogen-bond acceptors (Lipinski definition) is 10. The Morgan fingerprint density at radius 3 is 2.48 bits per heavy atom. The summed E-state index contributed by atoms with van der Waals surface area (Å²) in [4.78, 5) is 25.8. The van der Waals surface area contributed by atoms with E-state index in [1.54, 1.807) is 32.8 Å². The highest BCUT2D eigenvalue weighted by Crippen LogP contribution is 2.45. The van der Waals surface area contributed by atoms with Crippen molar-refractivity contribution in [2.75, 3.05) is 62.5 Å². The molecule has 0 atom stereocenters. The second-order valence-corrected chi connectivity index (χ2v) is 10.1. The second-order valence-electron chi connectivity index (χ2n) is 8.98. The van der Waals surface area contributed by atoms with Crippen molar-refractivity contribution < 1.29 is 14.5 Å². The van der Waals surface area contributed by atoms with Crippen LogP contribution in [-0.4, -0.2) is 71.8 Å². The van der Waals surface area contributed by atoms with E-state index in [-0.39, 0.29) is 0 Å². The second kappa shape index (κ2) is 12.6. The number of anilines is 5. The molecule has 1 fully saturated rings. The lowest BCUT2D eigenvalue weighted by Crippen LogP contribution is -2.46. The van der Waals surface area contributed by atoms with Crippen molar-refractivity contribution >= 4 is 56.4 Å². The molecule has 1 aliphatic heterocycles. The minimum Gasteiger partial charge on any atom is -0.495 e. The van der Waals surface area contributed by atoms with Gasteiger partial charge in [0.15, 0.2) is 0 Å². The van der Waals surface area contributed by atoms with Gasteiger partial charge in [-0.25, -0.2) is 19.9 Å². The van der Waals surface area contributed by atoms with E-state index in [1.165, 1.54) is 6.33 Å². The van der Waals surface area contributed by atoms with E-state index in [9.17, 15) is 0 Å². The maximum absolute atomic E-state index is 6.62. The molecule has 1 saturated heterocycles. The molecule has 208 valence electrons. The molecular weight excluding hydrogens is 598 g/mol. The van der Waals surface area contributed by atoms with Crippen LogP contribution >= 0.6 is 27.5 Å². The number of halogens is 2. The molecule has 0 bridgehead atoms. The van der Waals surface area contributed by atoms with Gasteiger partial charge in [-0.3, -0.25) is 0 Å². The van der Waals surface area contributed by atoms with Gasteiger partial charge >= 0.3 is 0 Å². The van der Waals surface area contributed by atoms with Gasteiger partial charge in [-0.05, 0) is 39.6 Å². The number of likely N-dealkylation sites (N-methyl/N-ethyl adjacent to an activating group) is 1. The molecular formula is C27H30BrClN9O2+. The molecule has 0 unspecified atom stereocenters. The molecule has 0 spiro atoms. The summed E-state index contributed by atoms with van der Waals surface area (Å²) >= 11 is 10.2. The predicted molar refractivity (Wildman–Crippen MR) is 159 cm³/mol. The first-order valence-electron chi connectivity index (χ1n) is 12.8. The molecule has 3 N–H and O–H groups in total. The monoisotopic (exact) mass is 626 g/mol. The highest BCUT2D eigenvalue weighted by molar-refractivity contribution is 9.10. The molecule has 1 aromatic carbocycles. The lowest BCUT2D eigenvalue weighted by atomic mass is 10.2. The molecule has 13 heteroatoms. The fraction of sp³-hybridized carbons (Fsp3) is 0.296. The van der Waals surface area contributed by atoms with Gasteiger partial charge in [0, 0.05) is 38.3 Å². The van der Waals surface area contributed by atoms with E-state index in [4.69, 9.17) is 21.1 Å². The van der Waals surface area contributed by atoms with Crippen LogP contribution in [0.25, 0.3) is 11.3 Å². The number of benzene rings is 1. The highest BCUT2D eigenvalue weighted by atomic mass is 79.9. The van der Waals surface area contributed by atoms with E-state index in [0.717, 1.165) is 38.4 Å². The SMILES string of the molecule is CCN1CCN(c2ccc(Nc3cc(-c4c[nH+]cnc4Nc4c(Cl)c(OC)cc(OC)c4Br)ncn3)nc2)CC1. The molecule has 3 aromatic heterocycles. The summed E-state index contributed by atoms with van der Waals surface area (Å²) < 4.78 is 11.5. The number of nitrogens with one attached hydrogen (secondary N) is 3. The van der Waals surface area contributed by atoms with Crippen molar-refractivity contribution in [3.8, 4) is 22.8 Å². The number of methoxy groups -OCH3 is 2. The van der Waals surface area contributed by atoms with Crippen molar-refractivity contribution in [1.82, 2.24) is 24.8 Å². The van der Waals surface area contributed by atoms with Gasteiger partial charge in [0.2, 0.25) is 0 Å². The maximum Gasteiger partial charge on any atom is 0.286 e. The molecule has 11 nitrogen and oxygen atoms in total. The minimum absolute atomic E-state index is 0.377. The number of nitrogens with zero attached hydrogens (tertiary/aromatic N) is 6. The number of aromatic nitrogens is 5. The molecule has 1 aliphatic rings. The normalized spacial score (nSPS) is 13.7. The Morgan fingerprint density at radius 2 is 1.77 bits per heavy atom. The summed E-state index contributed by atoms with van der Waals surface area (Å²) in [5, 5.41) is 6.95. The van der Waals surface area contributed by atoms with Crippen LogP contribution in [0.15, 0.2) is 53.8 Å². The van der Waals surface area contributed by atoms with Crippen molar-refractivity contribution in [1.29, 1.82) is 0 Å². The van der Waals surface area contributed by atoms with Crippen molar-refractivity contribution in [2.24, 2.45) is 0 Å². The van der Waals surface area contributed by atoms with E-state index in [1.807, 2.05) is 18.3 Å². The van der Waals surface area contributed by atoms with Crippen LogP contribution in [0.1, 0.15) is 6.92 Å². The Morgan fingerprint density at radius 1 is 0.975 bits per heavy atom. The van der Waals surface area contributed by atoms with Gasteiger partial charge in [0.25, 0.3) is 12.1 Å². The largest absolute Gasteiger partial charge is 0.495 e. The van der Waals surface area contributed by atoms with E-state index < -0.39 is 0 Å². The van der Waals surface area contributed by atoms with E-state index in [0.29, 0.717) is 55.4 Å². The predicted octanol–water partition coefficient (Wildman–Crippen LogP) is 4.81. The molecule has 5 rings (SSSR count). The van der Waals surface area contributed by atoms with Gasteiger partial charge in [0.1, 0.15) is 46.2 Å². The molecule has 4 heterocycles. The van der Waals surface area contributed by atoms with Crippen LogP contribution < -0.4 is 30.0 Å². The fourth-order valence-electron chi connectivity index (χ4n) is 4.44. The molecule has 4 aromatic rings. The van der Waals surface area contributed by atoms with Gasteiger partial charge in [0.05, 0.1) is 42.0 Å². The summed E-state index contributed by atoms with van der Waals surface area (Å²) in [5.74, 6) is 2.83. The zero-order chi connectivity index (χ0) is 28.1. The highest BCUT2D eigenvalue weighted by Gasteiger charge is 2.22. The summed E-state index contributed by atoms with van der Waals surface area (Å²) in [6.07, 6.45) is 6.76. The third-order valence-electron chi connectivity index (χ3n) is 6.70. The van der Waals surface area contributed by atoms with Crippen molar-refractivity contribution in [3.05, 3.63) is 58.8 Å². The first-order valence-corrected chi connectivity index (χ1v) is 13.9. The number of aromatic amines is 1. The number of pyridine rings is 1. The molecule has 0 saturated carbocycles. The van der Waals surface area contributed by atoms with E-state index >= 15 is 0 Å². The first kappa shape index (κ1) is 27.8. The van der Waals surface area contributed by atoms with Gasteiger partial charge in [-0.2, -0.15) is 0 Å². The Labute approximate surface area is 246 Å². The minimum atomic E-state index is 0.377. The first-order chi connectivity index (χ1) is 19.5. The molecule has 40 heavy (non-hydrogen) atoms. The van der Waals surface area contributed by atoms with Crippen LogP contribution in [0, 0.1) is 0 Å². The van der Waals surface area contributed by atoms with Crippen LogP contribution in [0.4, 0.5) is 28.8 Å². The summed E-state index contributed by atoms with van der Waals surface area (Å²) in [5.41, 5.74) is 3.00. The van der Waals surface area contributed by atoms with Gasteiger partial charge in [-0.15, -0.1) is 0 Å². The third kappa shape index (κ3) is 6.03. The number of piperazine rings is 1. The summed E-state index contributed by atoms with van der Waals surface area (Å²) in [6, 6.07) is 7.59. The fourth-order valence-corrected chi connectivity index (χ4v) is 5.40. The zero-order valence-electron chi connectivity index (χ0n) is 22.4. The standard InChI is InChI=1S/C27H29BrClN9O2/c1-4-37-7-9-38(10-8-37)17-5-6-22(31-13-17)35-23-11-19(32-16-33-23)18-14-30-15-34-27(18)36-26-24(28)20(39-2)12-21(40-3)25(26)29/h5-6,11-16H,4,7-10H2,1-3H3,(H,30,34,36)(H,31,32,33,35)/p+1. The van der Waals surface area contributed by atoms with E-state index in [2.05, 4.69) is 74.3 Å². The Kier molecular flexibility index (Phi) is 8.78. The Balaban J connectivity index is 1.36. The Hall–Kier alpha value is -3.74. The molecule has 0 amide bonds. The summed E-state index contributed by atoms with van der Waals surface area (Å²) in [7, 11) is 3.12. The number of H-pyrrole nitrogens is 1. The van der Waals surface area contributed by atoms with Crippen LogP contribution in [0.5, 0.6) is 11.5 Å². The van der Waals surface area contributed by atoms with Crippen LogP contribution in [-0.2, 0) is 0 Å².